The van der Waals surface area contributed by atoms with Crippen molar-refractivity contribution < 1.29 is 14.0 Å². The Kier molecular flexibility index (Phi) is 3.24. The summed E-state index contributed by atoms with van der Waals surface area (Å²) in [7, 11) is 0. The maximum absolute atomic E-state index is 6.01. The molecule has 3 fully saturated rings. The van der Waals surface area contributed by atoms with Crippen LogP contribution in [-0.4, -0.2) is 41.5 Å². The average Bonchev–Trinajstić information content (AvgIpc) is 3.10. The summed E-state index contributed by atoms with van der Waals surface area (Å²) in [6.07, 6.45) is 5.67. The summed E-state index contributed by atoms with van der Waals surface area (Å²) in [6.45, 7) is 3.20. The van der Waals surface area contributed by atoms with E-state index in [1.54, 1.807) is 0 Å². The fraction of sp³-hybridized carbons (Fsp3) is 0.857. The molecule has 0 bridgehead atoms. The Hall–Kier alpha value is -0.980. The number of nitrogens with zero attached hydrogens (tertiary/aromatic N) is 2. The summed E-state index contributed by atoms with van der Waals surface area (Å²) < 4.78 is 17.1. The average molecular weight is 279 g/mol. The van der Waals surface area contributed by atoms with E-state index in [1.807, 2.05) is 0 Å². The second-order valence-corrected chi connectivity index (χ2v) is 6.20. The summed E-state index contributed by atoms with van der Waals surface area (Å²) >= 11 is 0. The predicted octanol–water partition coefficient (Wildman–Crippen LogP) is 1.37. The summed E-state index contributed by atoms with van der Waals surface area (Å²) in [4.78, 5) is 4.38. The number of nitrogens with one attached hydrogen (secondary N) is 1. The Morgan fingerprint density at radius 3 is 2.95 bits per heavy atom. The van der Waals surface area contributed by atoms with Gasteiger partial charge >= 0.3 is 0 Å². The zero-order valence-electron chi connectivity index (χ0n) is 11.6. The van der Waals surface area contributed by atoms with E-state index < -0.39 is 0 Å². The number of hydrogen-bond acceptors (Lipinski definition) is 6. The van der Waals surface area contributed by atoms with Gasteiger partial charge in [-0.15, -0.1) is 0 Å². The normalized spacial score (nSPS) is 29.1. The van der Waals surface area contributed by atoms with Crippen molar-refractivity contribution in [2.24, 2.45) is 0 Å². The fourth-order valence-corrected chi connectivity index (χ4v) is 3.15. The summed E-state index contributed by atoms with van der Waals surface area (Å²) in [6, 6.07) is 0. The van der Waals surface area contributed by atoms with Gasteiger partial charge in [-0.2, -0.15) is 4.98 Å². The van der Waals surface area contributed by atoms with Crippen LogP contribution in [0.25, 0.3) is 0 Å². The Morgan fingerprint density at radius 1 is 1.30 bits per heavy atom. The molecule has 1 spiro atoms. The number of ether oxygens (including phenoxy) is 2. The lowest BCUT2D eigenvalue weighted by atomic mass is 9.89. The SMILES string of the molecule is C1CC2(CCN1)CC(OCc1noc(C3CC3)n1)CO2. The minimum Gasteiger partial charge on any atom is -0.372 e. The van der Waals surface area contributed by atoms with Crippen LogP contribution < -0.4 is 5.32 Å². The molecule has 1 aliphatic carbocycles. The third-order valence-corrected chi connectivity index (χ3v) is 4.55. The first-order chi connectivity index (χ1) is 9.83. The van der Waals surface area contributed by atoms with Crippen LogP contribution in [0.4, 0.5) is 0 Å². The van der Waals surface area contributed by atoms with Crippen LogP contribution in [0.15, 0.2) is 4.52 Å². The fourth-order valence-electron chi connectivity index (χ4n) is 3.15. The largest absolute Gasteiger partial charge is 0.372 e. The number of hydrogen-bond donors (Lipinski definition) is 1. The molecule has 2 aliphatic heterocycles. The van der Waals surface area contributed by atoms with Gasteiger partial charge in [-0.05, 0) is 38.8 Å². The van der Waals surface area contributed by atoms with E-state index in [-0.39, 0.29) is 11.7 Å². The highest BCUT2D eigenvalue weighted by Crippen LogP contribution is 2.39. The molecule has 6 nitrogen and oxygen atoms in total. The molecule has 6 heteroatoms. The zero-order chi connectivity index (χ0) is 13.4. The van der Waals surface area contributed by atoms with Crippen molar-refractivity contribution in [3.63, 3.8) is 0 Å². The molecule has 1 aromatic heterocycles. The molecule has 0 aromatic carbocycles. The first-order valence-electron chi connectivity index (χ1n) is 7.62. The quantitative estimate of drug-likeness (QED) is 0.898. The molecule has 3 heterocycles. The van der Waals surface area contributed by atoms with Gasteiger partial charge in [0.15, 0.2) is 5.82 Å². The van der Waals surface area contributed by atoms with Crippen LogP contribution in [0.2, 0.25) is 0 Å². The maximum atomic E-state index is 6.01. The highest BCUT2D eigenvalue weighted by atomic mass is 16.6. The van der Waals surface area contributed by atoms with Gasteiger partial charge in [0.25, 0.3) is 0 Å². The van der Waals surface area contributed by atoms with Crippen molar-refractivity contribution in [2.45, 2.75) is 56.3 Å². The Balaban J connectivity index is 1.29. The van der Waals surface area contributed by atoms with E-state index in [9.17, 15) is 0 Å². The van der Waals surface area contributed by atoms with E-state index in [4.69, 9.17) is 14.0 Å². The summed E-state index contributed by atoms with van der Waals surface area (Å²) in [5, 5.41) is 7.36. The van der Waals surface area contributed by atoms with Gasteiger partial charge in [-0.3, -0.25) is 0 Å². The van der Waals surface area contributed by atoms with Gasteiger partial charge in [0, 0.05) is 12.3 Å². The molecule has 20 heavy (non-hydrogen) atoms. The van der Waals surface area contributed by atoms with Gasteiger partial charge < -0.3 is 19.3 Å². The number of piperidine rings is 1. The first kappa shape index (κ1) is 12.7. The minimum absolute atomic E-state index is 0.0480. The van der Waals surface area contributed by atoms with Crippen molar-refractivity contribution in [3.8, 4) is 0 Å². The summed E-state index contributed by atoms with van der Waals surface area (Å²) in [5.74, 6) is 1.95. The van der Waals surface area contributed by atoms with E-state index in [0.717, 1.165) is 38.2 Å². The standard InChI is InChI=1S/C14H21N3O3/c1-2-10(1)13-16-12(17-20-13)9-18-11-7-14(19-8-11)3-5-15-6-4-14/h10-11,15H,1-9H2. The van der Waals surface area contributed by atoms with Crippen LogP contribution in [0.1, 0.15) is 49.7 Å². The molecule has 0 amide bonds. The van der Waals surface area contributed by atoms with Gasteiger partial charge in [-0.25, -0.2) is 0 Å². The second kappa shape index (κ2) is 5.09. The number of aromatic nitrogens is 2. The molecule has 1 N–H and O–H groups in total. The van der Waals surface area contributed by atoms with Crippen molar-refractivity contribution in [1.82, 2.24) is 15.5 Å². The molecule has 110 valence electrons. The van der Waals surface area contributed by atoms with E-state index in [0.29, 0.717) is 25.0 Å². The molecular formula is C14H21N3O3. The highest BCUT2D eigenvalue weighted by Gasteiger charge is 2.41. The second-order valence-electron chi connectivity index (χ2n) is 6.20. The molecule has 4 rings (SSSR count). The van der Waals surface area contributed by atoms with E-state index in [2.05, 4.69) is 15.5 Å². The topological polar surface area (TPSA) is 69.4 Å². The molecule has 1 unspecified atom stereocenters. The zero-order valence-corrected chi connectivity index (χ0v) is 11.6. The first-order valence-corrected chi connectivity index (χ1v) is 7.62. The van der Waals surface area contributed by atoms with Gasteiger partial charge in [0.05, 0.1) is 18.3 Å². The molecule has 0 radical (unpaired) electrons. The van der Waals surface area contributed by atoms with E-state index >= 15 is 0 Å². The Labute approximate surface area is 118 Å². The van der Waals surface area contributed by atoms with Gasteiger partial charge in [0.2, 0.25) is 5.89 Å². The van der Waals surface area contributed by atoms with Crippen molar-refractivity contribution in [3.05, 3.63) is 11.7 Å². The third-order valence-electron chi connectivity index (χ3n) is 4.55. The van der Waals surface area contributed by atoms with Gasteiger partial charge in [-0.1, -0.05) is 5.16 Å². The monoisotopic (exact) mass is 279 g/mol. The van der Waals surface area contributed by atoms with E-state index in [1.165, 1.54) is 12.8 Å². The van der Waals surface area contributed by atoms with Crippen LogP contribution in [-0.2, 0) is 16.1 Å². The molecule has 2 saturated heterocycles. The molecular weight excluding hydrogens is 258 g/mol. The summed E-state index contributed by atoms with van der Waals surface area (Å²) in [5.41, 5.74) is 0.0480. The van der Waals surface area contributed by atoms with Crippen LogP contribution in [0.3, 0.4) is 0 Å². The number of rotatable bonds is 4. The van der Waals surface area contributed by atoms with Crippen LogP contribution in [0.5, 0.6) is 0 Å². The minimum atomic E-state index is 0.0480. The van der Waals surface area contributed by atoms with Gasteiger partial charge in [0.1, 0.15) is 6.61 Å². The maximum Gasteiger partial charge on any atom is 0.229 e. The van der Waals surface area contributed by atoms with Crippen molar-refractivity contribution in [1.29, 1.82) is 0 Å². The van der Waals surface area contributed by atoms with Crippen molar-refractivity contribution >= 4 is 0 Å². The lowest BCUT2D eigenvalue weighted by Crippen LogP contribution is -2.41. The molecule has 1 saturated carbocycles. The predicted molar refractivity (Wildman–Crippen MR) is 70.3 cm³/mol. The van der Waals surface area contributed by atoms with Crippen molar-refractivity contribution in [2.75, 3.05) is 19.7 Å². The Morgan fingerprint density at radius 2 is 2.15 bits per heavy atom. The molecule has 3 aliphatic rings. The van der Waals surface area contributed by atoms with Crippen LogP contribution >= 0.6 is 0 Å². The lowest BCUT2D eigenvalue weighted by Gasteiger charge is -2.32. The molecule has 1 aromatic rings. The smallest absolute Gasteiger partial charge is 0.229 e. The Bertz CT molecular complexity index is 466. The third kappa shape index (κ3) is 2.60. The molecule has 1 atom stereocenters. The van der Waals surface area contributed by atoms with Crippen LogP contribution in [0, 0.1) is 0 Å². The highest BCUT2D eigenvalue weighted by molar-refractivity contribution is 5.01. The lowest BCUT2D eigenvalue weighted by molar-refractivity contribution is -0.0243.